The van der Waals surface area contributed by atoms with E-state index in [4.69, 9.17) is 18.9 Å². The molecule has 3 heterocycles. The fourth-order valence-electron chi connectivity index (χ4n) is 3.44. The summed E-state index contributed by atoms with van der Waals surface area (Å²) < 4.78 is 21.5. The van der Waals surface area contributed by atoms with Crippen LogP contribution < -0.4 is 29.6 Å². The Labute approximate surface area is 189 Å². The second kappa shape index (κ2) is 8.95. The molecule has 4 aromatic rings. The highest BCUT2D eigenvalue weighted by Gasteiger charge is 2.15. The van der Waals surface area contributed by atoms with E-state index < -0.39 is 0 Å². The number of rotatable bonds is 8. The molecule has 0 spiro atoms. The summed E-state index contributed by atoms with van der Waals surface area (Å²) in [6.45, 7) is 0.809. The van der Waals surface area contributed by atoms with Crippen molar-refractivity contribution >= 4 is 17.5 Å². The van der Waals surface area contributed by atoms with Gasteiger partial charge in [0.05, 0.1) is 25.5 Å². The average Bonchev–Trinajstić information content (AvgIpc) is 3.52. The van der Waals surface area contributed by atoms with Gasteiger partial charge in [0.2, 0.25) is 12.7 Å². The lowest BCUT2D eigenvalue weighted by Gasteiger charge is -2.11. The third-order valence-electron chi connectivity index (χ3n) is 5.11. The van der Waals surface area contributed by atoms with Gasteiger partial charge in [-0.1, -0.05) is 6.07 Å². The molecule has 168 valence electrons. The first-order valence-electron chi connectivity index (χ1n) is 10.2. The highest BCUT2D eigenvalue weighted by Crippen LogP contribution is 2.33. The predicted octanol–water partition coefficient (Wildman–Crippen LogP) is 3.97. The number of hydrogen-bond donors (Lipinski definition) is 3. The summed E-state index contributed by atoms with van der Waals surface area (Å²) in [4.78, 5) is 7.67. The molecule has 10 nitrogen and oxygen atoms in total. The number of ether oxygens (including phenoxy) is 4. The molecule has 0 atom stereocenters. The molecule has 5 rings (SSSR count). The predicted molar refractivity (Wildman–Crippen MR) is 122 cm³/mol. The van der Waals surface area contributed by atoms with E-state index >= 15 is 0 Å². The largest absolute Gasteiger partial charge is 0.497 e. The smallest absolute Gasteiger partial charge is 0.231 e. The van der Waals surface area contributed by atoms with Crippen molar-refractivity contribution in [3.8, 4) is 34.4 Å². The summed E-state index contributed by atoms with van der Waals surface area (Å²) >= 11 is 0. The Hall–Kier alpha value is -4.47. The van der Waals surface area contributed by atoms with Gasteiger partial charge in [0, 0.05) is 18.8 Å². The molecule has 0 bridgehead atoms. The maximum absolute atomic E-state index is 5.45. The summed E-state index contributed by atoms with van der Waals surface area (Å²) in [5.74, 6) is 4.55. The third-order valence-corrected chi connectivity index (χ3v) is 5.11. The Bertz CT molecular complexity index is 1280. The van der Waals surface area contributed by atoms with E-state index in [0.717, 1.165) is 28.3 Å². The van der Waals surface area contributed by atoms with E-state index in [1.54, 1.807) is 26.5 Å². The average molecular weight is 446 g/mol. The minimum atomic E-state index is 0.251. The van der Waals surface area contributed by atoms with Gasteiger partial charge in [0.25, 0.3) is 0 Å². The quantitative estimate of drug-likeness (QED) is 0.370. The Balaban J connectivity index is 1.33. The van der Waals surface area contributed by atoms with Crippen molar-refractivity contribution in [2.75, 3.05) is 31.6 Å². The zero-order valence-electron chi connectivity index (χ0n) is 18.1. The molecular formula is C23H22N6O4. The summed E-state index contributed by atoms with van der Waals surface area (Å²) in [5, 5.41) is 15.0. The van der Waals surface area contributed by atoms with E-state index in [1.807, 2.05) is 42.5 Å². The number of aromatic nitrogens is 4. The van der Waals surface area contributed by atoms with E-state index in [2.05, 4.69) is 30.8 Å². The van der Waals surface area contributed by atoms with Crippen molar-refractivity contribution in [2.24, 2.45) is 0 Å². The first-order chi connectivity index (χ1) is 16.2. The summed E-state index contributed by atoms with van der Waals surface area (Å²) in [5.41, 5.74) is 2.57. The number of fused-ring (bicyclic) bond motifs is 1. The lowest BCUT2D eigenvalue weighted by Crippen LogP contribution is -2.03. The number of hydrogen-bond acceptors (Lipinski definition) is 9. The van der Waals surface area contributed by atoms with Gasteiger partial charge < -0.3 is 34.6 Å². The van der Waals surface area contributed by atoms with Crippen LogP contribution in [-0.4, -0.2) is 41.2 Å². The number of methoxy groups -OCH3 is 2. The van der Waals surface area contributed by atoms with Gasteiger partial charge in [-0.15, -0.1) is 10.2 Å². The SMILES string of the molecule is COc1ccc(Nc2nnc(-c3cccnc3NCc3ccc4c(c3)OCO4)[nH]2)c(OC)c1. The van der Waals surface area contributed by atoms with Gasteiger partial charge in [-0.05, 0) is 42.0 Å². The van der Waals surface area contributed by atoms with E-state index in [-0.39, 0.29) is 6.79 Å². The van der Waals surface area contributed by atoms with Crippen LogP contribution in [0.15, 0.2) is 54.7 Å². The minimum Gasteiger partial charge on any atom is -0.497 e. The van der Waals surface area contributed by atoms with Gasteiger partial charge in [0.15, 0.2) is 17.3 Å². The fraction of sp³-hybridized carbons (Fsp3) is 0.174. The van der Waals surface area contributed by atoms with Crippen molar-refractivity contribution in [1.29, 1.82) is 0 Å². The number of benzene rings is 2. The number of nitrogens with one attached hydrogen (secondary N) is 3. The second-order valence-electron chi connectivity index (χ2n) is 7.15. The third kappa shape index (κ3) is 4.31. The number of nitrogens with zero attached hydrogens (tertiary/aromatic N) is 3. The van der Waals surface area contributed by atoms with E-state index in [0.29, 0.717) is 35.6 Å². The van der Waals surface area contributed by atoms with Crippen molar-refractivity contribution in [3.63, 3.8) is 0 Å². The molecule has 0 saturated heterocycles. The molecule has 0 radical (unpaired) electrons. The number of anilines is 3. The molecule has 2 aromatic heterocycles. The van der Waals surface area contributed by atoms with Crippen LogP contribution in [0.5, 0.6) is 23.0 Å². The summed E-state index contributed by atoms with van der Waals surface area (Å²) in [7, 11) is 3.20. The molecule has 0 aliphatic carbocycles. The summed E-state index contributed by atoms with van der Waals surface area (Å²) in [6, 6.07) is 15.1. The van der Waals surface area contributed by atoms with Crippen molar-refractivity contribution in [1.82, 2.24) is 20.2 Å². The molecule has 1 aliphatic heterocycles. The molecule has 0 unspecified atom stereocenters. The fourth-order valence-corrected chi connectivity index (χ4v) is 3.44. The standard InChI is InChI=1S/C23H22N6O4/c1-30-15-6-7-17(19(11-15)31-2)26-23-27-22(28-29-23)16-4-3-9-24-21(16)25-12-14-5-8-18-20(10-14)33-13-32-18/h3-11H,12-13H2,1-2H3,(H,24,25)(H2,26,27,28,29). The molecule has 2 aromatic carbocycles. The van der Waals surface area contributed by atoms with Crippen LogP contribution in [0.2, 0.25) is 0 Å². The number of aromatic amines is 1. The molecule has 10 heteroatoms. The summed E-state index contributed by atoms with van der Waals surface area (Å²) in [6.07, 6.45) is 1.73. The van der Waals surface area contributed by atoms with Gasteiger partial charge in [-0.25, -0.2) is 4.98 Å². The highest BCUT2D eigenvalue weighted by molar-refractivity contribution is 5.71. The Morgan fingerprint density at radius 2 is 1.91 bits per heavy atom. The van der Waals surface area contributed by atoms with E-state index in [1.165, 1.54) is 0 Å². The monoisotopic (exact) mass is 446 g/mol. The molecule has 0 amide bonds. The van der Waals surface area contributed by atoms with E-state index in [9.17, 15) is 0 Å². The van der Waals surface area contributed by atoms with Gasteiger partial charge >= 0.3 is 0 Å². The zero-order chi connectivity index (χ0) is 22.6. The van der Waals surface area contributed by atoms with Crippen molar-refractivity contribution < 1.29 is 18.9 Å². The van der Waals surface area contributed by atoms with Crippen LogP contribution in [0.25, 0.3) is 11.4 Å². The molecule has 33 heavy (non-hydrogen) atoms. The maximum atomic E-state index is 5.45. The molecule has 3 N–H and O–H groups in total. The van der Waals surface area contributed by atoms with Crippen molar-refractivity contribution in [3.05, 3.63) is 60.3 Å². The number of pyridine rings is 1. The maximum Gasteiger partial charge on any atom is 0.231 e. The second-order valence-corrected chi connectivity index (χ2v) is 7.15. The highest BCUT2D eigenvalue weighted by atomic mass is 16.7. The van der Waals surface area contributed by atoms with Gasteiger partial charge in [0.1, 0.15) is 17.3 Å². The zero-order valence-corrected chi connectivity index (χ0v) is 18.1. The molecule has 1 aliphatic rings. The first-order valence-corrected chi connectivity index (χ1v) is 10.2. The lowest BCUT2D eigenvalue weighted by atomic mass is 10.2. The van der Waals surface area contributed by atoms with Gasteiger partial charge in [-0.3, -0.25) is 0 Å². The molecule has 0 saturated carbocycles. The van der Waals surface area contributed by atoms with Crippen LogP contribution >= 0.6 is 0 Å². The Morgan fingerprint density at radius 1 is 1.00 bits per heavy atom. The molecular weight excluding hydrogens is 424 g/mol. The number of H-pyrrole nitrogens is 1. The van der Waals surface area contributed by atoms with Gasteiger partial charge in [-0.2, -0.15) is 0 Å². The van der Waals surface area contributed by atoms with Crippen LogP contribution in [0.3, 0.4) is 0 Å². The van der Waals surface area contributed by atoms with Crippen molar-refractivity contribution in [2.45, 2.75) is 6.54 Å². The Morgan fingerprint density at radius 3 is 2.79 bits per heavy atom. The minimum absolute atomic E-state index is 0.251. The van der Waals surface area contributed by atoms with Crippen LogP contribution in [-0.2, 0) is 6.54 Å². The first kappa shape index (κ1) is 20.4. The Kier molecular flexibility index (Phi) is 5.54. The normalized spacial score (nSPS) is 11.8. The topological polar surface area (TPSA) is 115 Å². The van der Waals surface area contributed by atoms with Crippen LogP contribution in [0.4, 0.5) is 17.5 Å². The van der Waals surface area contributed by atoms with Crippen LogP contribution in [0, 0.1) is 0 Å². The van der Waals surface area contributed by atoms with Crippen LogP contribution in [0.1, 0.15) is 5.56 Å². The lowest BCUT2D eigenvalue weighted by molar-refractivity contribution is 0.174. The molecule has 0 fully saturated rings.